The van der Waals surface area contributed by atoms with E-state index < -0.39 is 5.60 Å². The number of hydrogen-bond donors (Lipinski definition) is 2. The molecular weight excluding hydrogens is 266 g/mol. The van der Waals surface area contributed by atoms with Gasteiger partial charge >= 0.3 is 0 Å². The molecule has 120 valence electrons. The SMILES string of the molecule is COc1cccc(CNCC(C)C)c1OCCC(C)(C)O. The Morgan fingerprint density at radius 2 is 2.00 bits per heavy atom. The molecule has 1 rings (SSSR count). The fourth-order valence-corrected chi connectivity index (χ4v) is 1.92. The Morgan fingerprint density at radius 3 is 2.57 bits per heavy atom. The number of benzene rings is 1. The third-order valence-corrected chi connectivity index (χ3v) is 3.11. The average Bonchev–Trinajstić information content (AvgIpc) is 2.38. The lowest BCUT2D eigenvalue weighted by atomic mass is 10.1. The predicted octanol–water partition coefficient (Wildman–Crippen LogP) is 2.98. The van der Waals surface area contributed by atoms with Crippen LogP contribution in [0.5, 0.6) is 11.5 Å². The van der Waals surface area contributed by atoms with Crippen molar-refractivity contribution >= 4 is 0 Å². The molecule has 21 heavy (non-hydrogen) atoms. The summed E-state index contributed by atoms with van der Waals surface area (Å²) in [6, 6.07) is 5.90. The van der Waals surface area contributed by atoms with Crippen molar-refractivity contribution in [2.24, 2.45) is 5.92 Å². The molecule has 1 aromatic rings. The van der Waals surface area contributed by atoms with Crippen LogP contribution in [0.4, 0.5) is 0 Å². The topological polar surface area (TPSA) is 50.7 Å². The zero-order chi connectivity index (χ0) is 15.9. The highest BCUT2D eigenvalue weighted by Gasteiger charge is 2.15. The molecule has 0 saturated carbocycles. The van der Waals surface area contributed by atoms with Crippen molar-refractivity contribution in [3.8, 4) is 11.5 Å². The minimum atomic E-state index is -0.724. The highest BCUT2D eigenvalue weighted by molar-refractivity contribution is 5.46. The molecule has 2 N–H and O–H groups in total. The van der Waals surface area contributed by atoms with Crippen molar-refractivity contribution in [3.05, 3.63) is 23.8 Å². The lowest BCUT2D eigenvalue weighted by Gasteiger charge is -2.20. The summed E-state index contributed by atoms with van der Waals surface area (Å²) < 4.78 is 11.2. The van der Waals surface area contributed by atoms with Gasteiger partial charge in [-0.25, -0.2) is 0 Å². The number of hydrogen-bond acceptors (Lipinski definition) is 4. The van der Waals surface area contributed by atoms with Gasteiger partial charge in [-0.3, -0.25) is 0 Å². The molecule has 0 atom stereocenters. The standard InChI is InChI=1S/C17H29NO3/c1-13(2)11-18-12-14-7-6-8-15(20-5)16(14)21-10-9-17(3,4)19/h6-8,13,18-19H,9-12H2,1-5H3. The van der Waals surface area contributed by atoms with Crippen LogP contribution in [0.3, 0.4) is 0 Å². The summed E-state index contributed by atoms with van der Waals surface area (Å²) in [6.07, 6.45) is 0.573. The summed E-state index contributed by atoms with van der Waals surface area (Å²) in [5.41, 5.74) is 0.351. The van der Waals surface area contributed by atoms with E-state index in [2.05, 4.69) is 19.2 Å². The van der Waals surface area contributed by atoms with E-state index in [0.717, 1.165) is 30.2 Å². The monoisotopic (exact) mass is 295 g/mol. The zero-order valence-electron chi connectivity index (χ0n) is 13.9. The first-order chi connectivity index (χ1) is 9.83. The highest BCUT2D eigenvalue weighted by atomic mass is 16.5. The van der Waals surface area contributed by atoms with Crippen LogP contribution < -0.4 is 14.8 Å². The molecule has 0 radical (unpaired) electrons. The van der Waals surface area contributed by atoms with Crippen molar-refractivity contribution in [3.63, 3.8) is 0 Å². The summed E-state index contributed by atoms with van der Waals surface area (Å²) in [7, 11) is 1.64. The Morgan fingerprint density at radius 1 is 1.29 bits per heavy atom. The minimum absolute atomic E-state index is 0.459. The third kappa shape index (κ3) is 6.82. The first kappa shape index (κ1) is 17.8. The fourth-order valence-electron chi connectivity index (χ4n) is 1.92. The van der Waals surface area contributed by atoms with Crippen molar-refractivity contribution < 1.29 is 14.6 Å². The molecule has 1 aromatic carbocycles. The van der Waals surface area contributed by atoms with Crippen LogP contribution in [0.2, 0.25) is 0 Å². The molecule has 0 fully saturated rings. The van der Waals surface area contributed by atoms with Crippen molar-refractivity contribution in [1.29, 1.82) is 0 Å². The van der Waals surface area contributed by atoms with Gasteiger partial charge in [-0.1, -0.05) is 26.0 Å². The molecule has 0 aliphatic heterocycles. The van der Waals surface area contributed by atoms with Gasteiger partial charge in [-0.2, -0.15) is 0 Å². The highest BCUT2D eigenvalue weighted by Crippen LogP contribution is 2.31. The van der Waals surface area contributed by atoms with E-state index in [0.29, 0.717) is 18.9 Å². The van der Waals surface area contributed by atoms with Gasteiger partial charge in [0.25, 0.3) is 0 Å². The van der Waals surface area contributed by atoms with Crippen molar-refractivity contribution in [2.45, 2.75) is 46.3 Å². The van der Waals surface area contributed by atoms with Gasteiger partial charge in [0.05, 0.1) is 19.3 Å². The quantitative estimate of drug-likeness (QED) is 0.735. The number of methoxy groups -OCH3 is 1. The van der Waals surface area contributed by atoms with Gasteiger partial charge in [0.2, 0.25) is 0 Å². The lowest BCUT2D eigenvalue weighted by Crippen LogP contribution is -2.23. The smallest absolute Gasteiger partial charge is 0.165 e. The molecule has 4 nitrogen and oxygen atoms in total. The van der Waals surface area contributed by atoms with Crippen LogP contribution in [0, 0.1) is 5.92 Å². The van der Waals surface area contributed by atoms with Gasteiger partial charge in [-0.05, 0) is 32.4 Å². The molecule has 0 bridgehead atoms. The van der Waals surface area contributed by atoms with Crippen LogP contribution in [0.25, 0.3) is 0 Å². The Kier molecular flexibility index (Phi) is 6.99. The summed E-state index contributed by atoms with van der Waals surface area (Å²) >= 11 is 0. The first-order valence-electron chi connectivity index (χ1n) is 7.55. The Labute approximate surface area is 128 Å². The lowest BCUT2D eigenvalue weighted by molar-refractivity contribution is 0.0547. The van der Waals surface area contributed by atoms with E-state index in [1.165, 1.54) is 0 Å². The van der Waals surface area contributed by atoms with Crippen LogP contribution in [-0.4, -0.2) is 31.0 Å². The third-order valence-electron chi connectivity index (χ3n) is 3.11. The maximum absolute atomic E-state index is 9.77. The molecule has 4 heteroatoms. The first-order valence-corrected chi connectivity index (χ1v) is 7.55. The molecular formula is C17H29NO3. The summed E-state index contributed by atoms with van der Waals surface area (Å²) in [4.78, 5) is 0. The Bertz CT molecular complexity index is 425. The van der Waals surface area contributed by atoms with E-state index in [1.807, 2.05) is 18.2 Å². The number of para-hydroxylation sites is 1. The second-order valence-electron chi connectivity index (χ2n) is 6.38. The van der Waals surface area contributed by atoms with Crippen LogP contribution >= 0.6 is 0 Å². The van der Waals surface area contributed by atoms with Crippen molar-refractivity contribution in [2.75, 3.05) is 20.3 Å². The molecule has 0 heterocycles. The molecule has 0 amide bonds. The molecule has 0 aromatic heterocycles. The molecule has 0 saturated heterocycles. The number of ether oxygens (including phenoxy) is 2. The summed E-state index contributed by atoms with van der Waals surface area (Å²) in [6.45, 7) is 10.1. The number of aliphatic hydroxyl groups is 1. The number of rotatable bonds is 9. The summed E-state index contributed by atoms with van der Waals surface area (Å²) in [5.74, 6) is 2.10. The average molecular weight is 295 g/mol. The van der Waals surface area contributed by atoms with E-state index in [9.17, 15) is 5.11 Å². The van der Waals surface area contributed by atoms with E-state index in [1.54, 1.807) is 21.0 Å². The van der Waals surface area contributed by atoms with Crippen LogP contribution in [0.1, 0.15) is 39.7 Å². The van der Waals surface area contributed by atoms with Crippen LogP contribution in [0.15, 0.2) is 18.2 Å². The normalized spacial score (nSPS) is 11.8. The predicted molar refractivity (Wildman–Crippen MR) is 85.9 cm³/mol. The van der Waals surface area contributed by atoms with Gasteiger partial charge in [0, 0.05) is 18.5 Å². The van der Waals surface area contributed by atoms with Crippen LogP contribution in [-0.2, 0) is 6.54 Å². The van der Waals surface area contributed by atoms with Gasteiger partial charge in [-0.15, -0.1) is 0 Å². The fraction of sp³-hybridized carbons (Fsp3) is 0.647. The Balaban J connectivity index is 2.73. The van der Waals surface area contributed by atoms with E-state index in [-0.39, 0.29) is 0 Å². The van der Waals surface area contributed by atoms with E-state index >= 15 is 0 Å². The van der Waals surface area contributed by atoms with Gasteiger partial charge < -0.3 is 19.9 Å². The maximum Gasteiger partial charge on any atom is 0.165 e. The largest absolute Gasteiger partial charge is 0.493 e. The molecule has 0 aliphatic rings. The zero-order valence-corrected chi connectivity index (χ0v) is 13.9. The maximum atomic E-state index is 9.77. The van der Waals surface area contributed by atoms with Gasteiger partial charge in [0.1, 0.15) is 0 Å². The molecule has 0 aliphatic carbocycles. The van der Waals surface area contributed by atoms with E-state index in [4.69, 9.17) is 9.47 Å². The molecule has 0 spiro atoms. The Hall–Kier alpha value is -1.26. The second-order valence-corrected chi connectivity index (χ2v) is 6.38. The van der Waals surface area contributed by atoms with Gasteiger partial charge in [0.15, 0.2) is 11.5 Å². The second kappa shape index (κ2) is 8.25. The summed E-state index contributed by atoms with van der Waals surface area (Å²) in [5, 5.41) is 13.2. The minimum Gasteiger partial charge on any atom is -0.493 e. The molecule has 0 unspecified atom stereocenters. The van der Waals surface area contributed by atoms with Crippen molar-refractivity contribution in [1.82, 2.24) is 5.32 Å². The number of nitrogens with one attached hydrogen (secondary N) is 1.